The summed E-state index contributed by atoms with van der Waals surface area (Å²) in [6.07, 6.45) is 1.06. The zero-order chi connectivity index (χ0) is 17.1. The highest BCUT2D eigenvalue weighted by Gasteiger charge is 2.26. The highest BCUT2D eigenvalue weighted by Crippen LogP contribution is 2.28. The quantitative estimate of drug-likeness (QED) is 0.833. The first-order chi connectivity index (χ1) is 11.6. The molecule has 24 heavy (non-hydrogen) atoms. The summed E-state index contributed by atoms with van der Waals surface area (Å²) in [6, 6.07) is 6.87. The molecule has 126 valence electrons. The molecule has 1 aromatic heterocycles. The molecule has 2 aromatic rings. The maximum atomic E-state index is 13.8. The number of benzene rings is 1. The van der Waals surface area contributed by atoms with E-state index in [0.717, 1.165) is 44.0 Å². The third kappa shape index (κ3) is 3.58. The van der Waals surface area contributed by atoms with Crippen LogP contribution in [0.1, 0.15) is 22.6 Å². The van der Waals surface area contributed by atoms with Gasteiger partial charge in [0.05, 0.1) is 16.9 Å². The standard InChI is InChI=1S/C18H21FN4S/c1-13-18(24-12-21-13)11-22(2)9-14-6-7-23(10-14)17-5-3-4-16(19)15(17)8-20/h3-5,12,14H,6-7,9-11H2,1-2H3/t14-/m1/s1. The number of nitriles is 1. The molecule has 0 aliphatic carbocycles. The molecule has 0 bridgehead atoms. The van der Waals surface area contributed by atoms with Crippen molar-refractivity contribution in [2.45, 2.75) is 19.9 Å². The largest absolute Gasteiger partial charge is 0.370 e. The number of nitrogens with zero attached hydrogens (tertiary/aromatic N) is 4. The first-order valence-electron chi connectivity index (χ1n) is 8.09. The van der Waals surface area contributed by atoms with Gasteiger partial charge in [0.15, 0.2) is 0 Å². The molecule has 3 rings (SSSR count). The maximum absolute atomic E-state index is 13.8. The van der Waals surface area contributed by atoms with Crippen molar-refractivity contribution >= 4 is 17.0 Å². The van der Waals surface area contributed by atoms with Crippen LogP contribution in [0.3, 0.4) is 0 Å². The molecule has 4 nitrogen and oxygen atoms in total. The van der Waals surface area contributed by atoms with Gasteiger partial charge in [-0.1, -0.05) is 6.07 Å². The van der Waals surface area contributed by atoms with Gasteiger partial charge in [-0.25, -0.2) is 9.37 Å². The van der Waals surface area contributed by atoms with Crippen molar-refractivity contribution in [1.82, 2.24) is 9.88 Å². The summed E-state index contributed by atoms with van der Waals surface area (Å²) >= 11 is 1.70. The molecule has 1 aliphatic rings. The molecule has 0 saturated carbocycles. The van der Waals surface area contributed by atoms with Gasteiger partial charge in [0, 0.05) is 31.1 Å². The molecule has 1 atom stereocenters. The fraction of sp³-hybridized carbons (Fsp3) is 0.444. The summed E-state index contributed by atoms with van der Waals surface area (Å²) in [5.74, 6) is 0.0919. The molecular weight excluding hydrogens is 323 g/mol. The van der Waals surface area contributed by atoms with Gasteiger partial charge in [0.2, 0.25) is 0 Å². The van der Waals surface area contributed by atoms with Gasteiger partial charge in [-0.15, -0.1) is 11.3 Å². The third-order valence-corrected chi connectivity index (χ3v) is 5.48. The van der Waals surface area contributed by atoms with Crippen LogP contribution in [0.15, 0.2) is 23.7 Å². The molecule has 0 radical (unpaired) electrons. The summed E-state index contributed by atoms with van der Waals surface area (Å²) < 4.78 is 13.8. The van der Waals surface area contributed by atoms with Crippen molar-refractivity contribution in [1.29, 1.82) is 5.26 Å². The van der Waals surface area contributed by atoms with E-state index in [9.17, 15) is 9.65 Å². The van der Waals surface area contributed by atoms with Crippen molar-refractivity contribution in [3.8, 4) is 6.07 Å². The number of anilines is 1. The summed E-state index contributed by atoms with van der Waals surface area (Å²) in [6.45, 7) is 5.69. The first kappa shape index (κ1) is 16.9. The second-order valence-electron chi connectivity index (χ2n) is 6.40. The lowest BCUT2D eigenvalue weighted by Gasteiger charge is -2.23. The lowest BCUT2D eigenvalue weighted by molar-refractivity contribution is 0.281. The van der Waals surface area contributed by atoms with Crippen LogP contribution in [0.25, 0.3) is 0 Å². The monoisotopic (exact) mass is 344 g/mol. The molecule has 0 N–H and O–H groups in total. The average Bonchev–Trinajstić information content (AvgIpc) is 3.17. The van der Waals surface area contributed by atoms with E-state index in [-0.39, 0.29) is 5.56 Å². The molecule has 0 spiro atoms. The second-order valence-corrected chi connectivity index (χ2v) is 7.34. The van der Waals surface area contributed by atoms with Crippen LogP contribution < -0.4 is 4.90 Å². The van der Waals surface area contributed by atoms with Gasteiger partial charge < -0.3 is 9.80 Å². The first-order valence-corrected chi connectivity index (χ1v) is 8.97. The molecule has 2 heterocycles. The van der Waals surface area contributed by atoms with Crippen LogP contribution in [0.4, 0.5) is 10.1 Å². The van der Waals surface area contributed by atoms with Crippen LogP contribution in [-0.2, 0) is 6.54 Å². The zero-order valence-corrected chi connectivity index (χ0v) is 14.8. The van der Waals surface area contributed by atoms with Crippen molar-refractivity contribution < 1.29 is 4.39 Å². The number of hydrogen-bond donors (Lipinski definition) is 0. The Morgan fingerprint density at radius 3 is 3.04 bits per heavy atom. The van der Waals surface area contributed by atoms with Gasteiger partial charge in [-0.3, -0.25) is 0 Å². The number of halogens is 1. The maximum Gasteiger partial charge on any atom is 0.143 e. The van der Waals surface area contributed by atoms with Gasteiger partial charge in [-0.2, -0.15) is 5.26 Å². The Balaban J connectivity index is 1.61. The molecular formula is C18H21FN4S. The van der Waals surface area contributed by atoms with Crippen LogP contribution in [0.5, 0.6) is 0 Å². The predicted octanol–water partition coefficient (Wildman–Crippen LogP) is 3.42. The molecule has 0 unspecified atom stereocenters. The third-order valence-electron chi connectivity index (χ3n) is 4.56. The van der Waals surface area contributed by atoms with E-state index in [1.54, 1.807) is 17.4 Å². The average molecular weight is 344 g/mol. The van der Waals surface area contributed by atoms with Crippen molar-refractivity contribution in [2.75, 3.05) is 31.6 Å². The Hall–Kier alpha value is -1.97. The summed E-state index contributed by atoms with van der Waals surface area (Å²) in [5.41, 5.74) is 3.88. The van der Waals surface area contributed by atoms with Crippen LogP contribution in [-0.4, -0.2) is 36.6 Å². The SMILES string of the molecule is Cc1ncsc1CN(C)C[C@H]1CCN(c2cccc(F)c2C#N)C1. The van der Waals surface area contributed by atoms with E-state index >= 15 is 0 Å². The van der Waals surface area contributed by atoms with Gasteiger partial charge in [-0.05, 0) is 38.4 Å². The highest BCUT2D eigenvalue weighted by atomic mass is 32.1. The van der Waals surface area contributed by atoms with E-state index in [2.05, 4.69) is 21.8 Å². The lowest BCUT2D eigenvalue weighted by Crippen LogP contribution is -2.28. The van der Waals surface area contributed by atoms with Crippen molar-refractivity contribution in [3.63, 3.8) is 0 Å². The van der Waals surface area contributed by atoms with E-state index in [1.165, 1.54) is 10.9 Å². The molecule has 0 amide bonds. The minimum absolute atomic E-state index is 0.159. The van der Waals surface area contributed by atoms with Crippen LogP contribution in [0.2, 0.25) is 0 Å². The van der Waals surface area contributed by atoms with Gasteiger partial charge in [0.25, 0.3) is 0 Å². The Morgan fingerprint density at radius 1 is 1.50 bits per heavy atom. The number of thiazole rings is 1. The lowest BCUT2D eigenvalue weighted by atomic mass is 10.1. The molecule has 1 aromatic carbocycles. The van der Waals surface area contributed by atoms with Gasteiger partial charge >= 0.3 is 0 Å². The van der Waals surface area contributed by atoms with E-state index < -0.39 is 5.82 Å². The fourth-order valence-corrected chi connectivity index (χ4v) is 4.17. The van der Waals surface area contributed by atoms with E-state index in [1.807, 2.05) is 24.6 Å². The smallest absolute Gasteiger partial charge is 0.143 e. The minimum Gasteiger partial charge on any atom is -0.370 e. The Kier molecular flexibility index (Phi) is 5.12. The van der Waals surface area contributed by atoms with Crippen molar-refractivity contribution in [3.05, 3.63) is 45.7 Å². The summed E-state index contributed by atoms with van der Waals surface area (Å²) in [4.78, 5) is 10.1. The topological polar surface area (TPSA) is 43.2 Å². The number of rotatable bonds is 5. The molecule has 1 aliphatic heterocycles. The number of hydrogen-bond acceptors (Lipinski definition) is 5. The Morgan fingerprint density at radius 2 is 2.33 bits per heavy atom. The Bertz CT molecular complexity index is 752. The van der Waals surface area contributed by atoms with Crippen LogP contribution in [0, 0.1) is 30.0 Å². The zero-order valence-electron chi connectivity index (χ0n) is 14.0. The van der Waals surface area contributed by atoms with Gasteiger partial charge in [0.1, 0.15) is 17.4 Å². The molecule has 6 heteroatoms. The Labute approximate surface area is 146 Å². The van der Waals surface area contributed by atoms with E-state index in [0.29, 0.717) is 5.92 Å². The summed E-state index contributed by atoms with van der Waals surface area (Å²) in [5, 5.41) is 9.21. The highest BCUT2D eigenvalue weighted by molar-refractivity contribution is 7.09. The van der Waals surface area contributed by atoms with Crippen LogP contribution >= 0.6 is 11.3 Å². The normalized spacial score (nSPS) is 17.5. The summed E-state index contributed by atoms with van der Waals surface area (Å²) in [7, 11) is 2.13. The predicted molar refractivity (Wildman–Crippen MR) is 94.6 cm³/mol. The second kappa shape index (κ2) is 7.29. The molecule has 1 fully saturated rings. The fourth-order valence-electron chi connectivity index (χ4n) is 3.32. The minimum atomic E-state index is -0.434. The van der Waals surface area contributed by atoms with E-state index in [4.69, 9.17) is 0 Å². The molecule has 1 saturated heterocycles. The number of aryl methyl sites for hydroxylation is 1. The van der Waals surface area contributed by atoms with Crippen molar-refractivity contribution in [2.24, 2.45) is 5.92 Å². The number of aromatic nitrogens is 1.